The fourth-order valence-corrected chi connectivity index (χ4v) is 1.42. The van der Waals surface area contributed by atoms with Crippen LogP contribution >= 0.6 is 15.9 Å². The maximum absolute atomic E-state index is 12.6. The Balaban J connectivity index is 3.16. The van der Waals surface area contributed by atoms with Crippen molar-refractivity contribution in [2.75, 3.05) is 0 Å². The van der Waals surface area contributed by atoms with E-state index in [2.05, 4.69) is 15.9 Å². The summed E-state index contributed by atoms with van der Waals surface area (Å²) in [6.07, 6.45) is 0. The first-order valence-corrected chi connectivity index (χ1v) is 5.02. The summed E-state index contributed by atoms with van der Waals surface area (Å²) in [6, 6.07) is 4.47. The first-order valence-electron chi connectivity index (χ1n) is 2.52. The van der Waals surface area contributed by atoms with Gasteiger partial charge in [0.2, 0.25) is 0 Å². The Kier molecular flexibility index (Phi) is 2.75. The molecule has 0 aliphatic heterocycles. The minimum absolute atomic E-state index is 0.358. The number of rotatable bonds is 1. The van der Waals surface area contributed by atoms with Crippen LogP contribution in [0.1, 0.15) is 0 Å². The van der Waals surface area contributed by atoms with Crippen molar-refractivity contribution in [1.29, 1.82) is 0 Å². The molecule has 4 heteroatoms. The zero-order chi connectivity index (χ0) is 7.56. The number of halogens is 2. The zero-order valence-corrected chi connectivity index (χ0v) is 8.31. The number of benzene rings is 1. The van der Waals surface area contributed by atoms with Crippen LogP contribution in [-0.2, 0) is 3.74 Å². The standard InChI is InChI=1S/C6H3AsBrFO/c8-5-2-1-4(7-10)3-6(5)9/h1-3H. The van der Waals surface area contributed by atoms with E-state index in [-0.39, 0.29) is 5.82 Å². The van der Waals surface area contributed by atoms with E-state index in [4.69, 9.17) is 0 Å². The van der Waals surface area contributed by atoms with E-state index < -0.39 is 15.7 Å². The summed E-state index contributed by atoms with van der Waals surface area (Å²) >= 11 is 1.89. The predicted octanol–water partition coefficient (Wildman–Crippen LogP) is 1.26. The molecule has 0 atom stereocenters. The van der Waals surface area contributed by atoms with Crippen LogP contribution < -0.4 is 4.35 Å². The topological polar surface area (TPSA) is 17.1 Å². The number of hydrogen-bond acceptors (Lipinski definition) is 1. The molecular weight excluding hydrogens is 262 g/mol. The minimum atomic E-state index is -1.10. The quantitative estimate of drug-likeness (QED) is 0.698. The summed E-state index contributed by atoms with van der Waals surface area (Å²) in [6.45, 7) is 0. The molecule has 0 aliphatic carbocycles. The van der Waals surface area contributed by atoms with Crippen LogP contribution in [0.5, 0.6) is 0 Å². The van der Waals surface area contributed by atoms with Gasteiger partial charge in [0, 0.05) is 0 Å². The van der Waals surface area contributed by atoms with Gasteiger partial charge in [-0.1, -0.05) is 0 Å². The molecule has 0 radical (unpaired) electrons. The van der Waals surface area contributed by atoms with Crippen LogP contribution in [0, 0.1) is 5.82 Å². The molecular formula is C6H3AsBrFO. The van der Waals surface area contributed by atoms with Gasteiger partial charge in [-0.05, 0) is 0 Å². The average Bonchev–Trinajstić information content (AvgIpc) is 1.95. The van der Waals surface area contributed by atoms with Crippen molar-refractivity contribution in [2.45, 2.75) is 0 Å². The Bertz CT molecular complexity index is 264. The maximum atomic E-state index is 12.6. The van der Waals surface area contributed by atoms with Crippen LogP contribution in [0.3, 0.4) is 0 Å². The van der Waals surface area contributed by atoms with Crippen LogP contribution in [0.4, 0.5) is 4.39 Å². The van der Waals surface area contributed by atoms with Gasteiger partial charge in [0.25, 0.3) is 0 Å². The summed E-state index contributed by atoms with van der Waals surface area (Å²) in [7, 11) is 0. The molecule has 0 spiro atoms. The van der Waals surface area contributed by atoms with E-state index in [1.165, 1.54) is 6.07 Å². The third-order valence-corrected chi connectivity index (χ3v) is 2.68. The van der Waals surface area contributed by atoms with Gasteiger partial charge in [-0.2, -0.15) is 0 Å². The molecule has 1 aromatic rings. The summed E-state index contributed by atoms with van der Waals surface area (Å²) < 4.78 is 23.9. The molecule has 0 saturated heterocycles. The van der Waals surface area contributed by atoms with Gasteiger partial charge >= 0.3 is 72.6 Å². The van der Waals surface area contributed by atoms with E-state index in [1.807, 2.05) is 0 Å². The van der Waals surface area contributed by atoms with Crippen LogP contribution in [0.2, 0.25) is 0 Å². The van der Waals surface area contributed by atoms with Crippen molar-refractivity contribution in [3.05, 3.63) is 28.5 Å². The molecule has 0 saturated carbocycles. The molecule has 52 valence electrons. The monoisotopic (exact) mass is 264 g/mol. The normalized spacial score (nSPS) is 10.2. The first-order chi connectivity index (χ1) is 4.74. The molecule has 0 amide bonds. The summed E-state index contributed by atoms with van der Waals surface area (Å²) in [4.78, 5) is 0. The molecule has 0 N–H and O–H groups in total. The Morgan fingerprint density at radius 1 is 1.50 bits per heavy atom. The zero-order valence-electron chi connectivity index (χ0n) is 4.84. The van der Waals surface area contributed by atoms with Gasteiger partial charge in [-0.3, -0.25) is 0 Å². The van der Waals surface area contributed by atoms with Crippen LogP contribution in [-0.4, -0.2) is 15.7 Å². The second-order valence-corrected chi connectivity index (χ2v) is 4.01. The van der Waals surface area contributed by atoms with Crippen molar-refractivity contribution in [3.8, 4) is 0 Å². The van der Waals surface area contributed by atoms with Gasteiger partial charge in [0.15, 0.2) is 0 Å². The fraction of sp³-hybridized carbons (Fsp3) is 0. The van der Waals surface area contributed by atoms with Gasteiger partial charge in [-0.15, -0.1) is 0 Å². The van der Waals surface area contributed by atoms with Gasteiger partial charge in [0.1, 0.15) is 0 Å². The Morgan fingerprint density at radius 3 is 2.70 bits per heavy atom. The molecule has 0 unspecified atom stereocenters. The van der Waals surface area contributed by atoms with Crippen molar-refractivity contribution >= 4 is 36.0 Å². The van der Waals surface area contributed by atoms with Gasteiger partial charge in [-0.25, -0.2) is 0 Å². The molecule has 0 aliphatic rings. The Labute approximate surface area is 72.7 Å². The van der Waals surface area contributed by atoms with Gasteiger partial charge in [0.05, 0.1) is 0 Å². The predicted molar refractivity (Wildman–Crippen MR) is 40.2 cm³/mol. The molecule has 1 rings (SSSR count). The SMILES string of the molecule is O=[As]c1ccc(Br)c(F)c1. The summed E-state index contributed by atoms with van der Waals surface area (Å²) in [5, 5.41) is 0. The average molecular weight is 265 g/mol. The van der Waals surface area contributed by atoms with Crippen LogP contribution in [0.25, 0.3) is 0 Å². The van der Waals surface area contributed by atoms with E-state index in [1.54, 1.807) is 12.1 Å². The van der Waals surface area contributed by atoms with E-state index >= 15 is 0 Å². The summed E-state index contributed by atoms with van der Waals surface area (Å²) in [5.41, 5.74) is 0. The van der Waals surface area contributed by atoms with Crippen LogP contribution in [0.15, 0.2) is 22.7 Å². The van der Waals surface area contributed by atoms with Crippen molar-refractivity contribution < 1.29 is 8.13 Å². The Hall–Kier alpha value is -0.0116. The molecule has 0 fully saturated rings. The molecule has 1 nitrogen and oxygen atoms in total. The van der Waals surface area contributed by atoms with Crippen molar-refractivity contribution in [2.24, 2.45) is 0 Å². The molecule has 10 heavy (non-hydrogen) atoms. The molecule has 0 aromatic heterocycles. The van der Waals surface area contributed by atoms with E-state index in [9.17, 15) is 8.13 Å². The molecule has 0 bridgehead atoms. The molecule has 1 aromatic carbocycles. The number of hydrogen-bond donors (Lipinski definition) is 0. The third kappa shape index (κ3) is 1.74. The second kappa shape index (κ2) is 3.40. The summed E-state index contributed by atoms with van der Waals surface area (Å²) in [5.74, 6) is -0.358. The van der Waals surface area contributed by atoms with E-state index in [0.717, 1.165) is 0 Å². The third-order valence-electron chi connectivity index (χ3n) is 1.01. The fourth-order valence-electron chi connectivity index (χ4n) is 0.542. The van der Waals surface area contributed by atoms with Crippen molar-refractivity contribution in [3.63, 3.8) is 0 Å². The van der Waals surface area contributed by atoms with E-state index in [0.29, 0.717) is 8.82 Å². The second-order valence-electron chi connectivity index (χ2n) is 1.69. The first kappa shape index (κ1) is 8.09. The van der Waals surface area contributed by atoms with Crippen molar-refractivity contribution in [1.82, 2.24) is 0 Å². The molecule has 0 heterocycles. The van der Waals surface area contributed by atoms with Gasteiger partial charge < -0.3 is 0 Å². The Morgan fingerprint density at radius 2 is 2.20 bits per heavy atom.